The van der Waals surface area contributed by atoms with Crippen LogP contribution < -0.4 is 5.32 Å². The average molecular weight is 361 g/mol. The lowest BCUT2D eigenvalue weighted by atomic mass is 10.1. The molecule has 0 bridgehead atoms. The van der Waals surface area contributed by atoms with E-state index in [2.05, 4.69) is 11.4 Å². The summed E-state index contributed by atoms with van der Waals surface area (Å²) in [6.07, 6.45) is 2.02. The first-order valence-electron chi connectivity index (χ1n) is 8.27. The molecule has 1 heterocycles. The maximum absolute atomic E-state index is 14.2. The van der Waals surface area contributed by atoms with E-state index < -0.39 is 0 Å². The summed E-state index contributed by atoms with van der Waals surface area (Å²) in [5, 5.41) is 14.3. The summed E-state index contributed by atoms with van der Waals surface area (Å²) >= 11 is 6.18. The molecular formula is C20H22ClFN2O. The van der Waals surface area contributed by atoms with Gasteiger partial charge < -0.3 is 15.0 Å². The Bertz CT molecular complexity index is 868. The van der Waals surface area contributed by atoms with Crippen molar-refractivity contribution < 1.29 is 9.50 Å². The van der Waals surface area contributed by atoms with Gasteiger partial charge in [0.1, 0.15) is 5.82 Å². The molecule has 0 fully saturated rings. The van der Waals surface area contributed by atoms with Crippen molar-refractivity contribution in [2.24, 2.45) is 0 Å². The van der Waals surface area contributed by atoms with Gasteiger partial charge in [0.2, 0.25) is 0 Å². The van der Waals surface area contributed by atoms with Crippen molar-refractivity contribution in [3.63, 3.8) is 0 Å². The first-order valence-corrected chi connectivity index (χ1v) is 8.64. The van der Waals surface area contributed by atoms with Crippen LogP contribution in [-0.2, 0) is 13.1 Å². The summed E-state index contributed by atoms with van der Waals surface area (Å²) < 4.78 is 16.2. The number of rotatable bonds is 6. The fourth-order valence-corrected chi connectivity index (χ4v) is 3.06. The van der Waals surface area contributed by atoms with Crippen LogP contribution in [0, 0.1) is 5.82 Å². The van der Waals surface area contributed by atoms with Gasteiger partial charge in [-0.1, -0.05) is 35.9 Å². The molecule has 0 unspecified atom stereocenters. The number of nitrogens with one attached hydrogen (secondary N) is 1. The largest absolute Gasteiger partial charge is 0.394 e. The molecule has 0 aliphatic rings. The normalized spacial score (nSPS) is 12.0. The molecule has 2 N–H and O–H groups in total. The summed E-state index contributed by atoms with van der Waals surface area (Å²) in [5.41, 5.74) is 2.25. The Morgan fingerprint density at radius 2 is 1.92 bits per heavy atom. The standard InChI is InChI=1S/C20H22ClFN2O/c1-20(2,13-25)23-10-14-11-24(19-9-4-3-6-15(14)19)12-16-17(21)7-5-8-18(16)22/h3-9,11,23,25H,10,12-13H2,1-2H3. The van der Waals surface area contributed by atoms with E-state index in [1.807, 2.05) is 42.8 Å². The minimum absolute atomic E-state index is 0.0521. The summed E-state index contributed by atoms with van der Waals surface area (Å²) in [6, 6.07) is 12.8. The third kappa shape index (κ3) is 3.87. The van der Waals surface area contributed by atoms with Gasteiger partial charge in [-0.3, -0.25) is 0 Å². The topological polar surface area (TPSA) is 37.2 Å². The molecule has 0 amide bonds. The van der Waals surface area contributed by atoms with E-state index in [4.69, 9.17) is 11.6 Å². The van der Waals surface area contributed by atoms with Gasteiger partial charge in [0, 0.05) is 39.8 Å². The van der Waals surface area contributed by atoms with Crippen LogP contribution in [0.1, 0.15) is 25.0 Å². The molecular weight excluding hydrogens is 339 g/mol. The number of hydrogen-bond donors (Lipinski definition) is 2. The summed E-state index contributed by atoms with van der Waals surface area (Å²) in [7, 11) is 0. The van der Waals surface area contributed by atoms with Crippen LogP contribution in [0.3, 0.4) is 0 Å². The number of hydrogen-bond acceptors (Lipinski definition) is 2. The van der Waals surface area contributed by atoms with E-state index in [1.165, 1.54) is 6.07 Å². The minimum Gasteiger partial charge on any atom is -0.394 e. The van der Waals surface area contributed by atoms with Gasteiger partial charge in [-0.2, -0.15) is 0 Å². The molecule has 3 aromatic rings. The van der Waals surface area contributed by atoms with Gasteiger partial charge in [-0.15, -0.1) is 0 Å². The van der Waals surface area contributed by atoms with E-state index >= 15 is 0 Å². The van der Waals surface area contributed by atoms with Gasteiger partial charge in [-0.25, -0.2) is 4.39 Å². The molecule has 3 rings (SSSR count). The van der Waals surface area contributed by atoms with Crippen molar-refractivity contribution in [3.05, 3.63) is 70.6 Å². The zero-order chi connectivity index (χ0) is 18.0. The lowest BCUT2D eigenvalue weighted by Crippen LogP contribution is -2.42. The Morgan fingerprint density at radius 3 is 2.64 bits per heavy atom. The van der Waals surface area contributed by atoms with E-state index in [9.17, 15) is 9.50 Å². The van der Waals surface area contributed by atoms with Crippen molar-refractivity contribution in [2.45, 2.75) is 32.5 Å². The zero-order valence-corrected chi connectivity index (χ0v) is 15.1. The van der Waals surface area contributed by atoms with Crippen molar-refractivity contribution in [1.82, 2.24) is 9.88 Å². The highest BCUT2D eigenvalue weighted by Gasteiger charge is 2.17. The number of nitrogens with zero attached hydrogens (tertiary/aromatic N) is 1. The second kappa shape index (κ2) is 7.16. The number of halogens is 2. The SMILES string of the molecule is CC(C)(CO)NCc1cn(Cc2c(F)cccc2Cl)c2ccccc12. The predicted octanol–water partition coefficient (Wildman–Crippen LogP) is 4.34. The molecule has 1 aromatic heterocycles. The Morgan fingerprint density at radius 1 is 1.16 bits per heavy atom. The van der Waals surface area contributed by atoms with Gasteiger partial charge in [0.25, 0.3) is 0 Å². The first kappa shape index (κ1) is 17.9. The highest BCUT2D eigenvalue weighted by Crippen LogP contribution is 2.26. The second-order valence-corrected chi connectivity index (χ2v) is 7.30. The number of aliphatic hydroxyl groups excluding tert-OH is 1. The van der Waals surface area contributed by atoms with E-state index in [-0.39, 0.29) is 18.0 Å². The molecule has 3 nitrogen and oxygen atoms in total. The number of para-hydroxylation sites is 1. The van der Waals surface area contributed by atoms with Crippen molar-refractivity contribution in [1.29, 1.82) is 0 Å². The van der Waals surface area contributed by atoms with Gasteiger partial charge >= 0.3 is 0 Å². The molecule has 0 aliphatic carbocycles. The van der Waals surface area contributed by atoms with Crippen LogP contribution in [-0.4, -0.2) is 21.8 Å². The van der Waals surface area contributed by atoms with Gasteiger partial charge in [-0.05, 0) is 37.6 Å². The molecule has 25 heavy (non-hydrogen) atoms. The van der Waals surface area contributed by atoms with E-state index in [0.29, 0.717) is 23.7 Å². The number of benzene rings is 2. The Labute approximate surface area is 152 Å². The molecule has 0 atom stereocenters. The van der Waals surface area contributed by atoms with Gasteiger partial charge in [0.05, 0.1) is 13.2 Å². The van der Waals surface area contributed by atoms with Crippen LogP contribution in [0.2, 0.25) is 5.02 Å². The van der Waals surface area contributed by atoms with Crippen LogP contribution in [0.5, 0.6) is 0 Å². The Hall–Kier alpha value is -1.88. The molecule has 0 spiro atoms. The Balaban J connectivity index is 1.97. The van der Waals surface area contributed by atoms with Crippen LogP contribution in [0.4, 0.5) is 4.39 Å². The molecule has 5 heteroatoms. The second-order valence-electron chi connectivity index (χ2n) is 6.90. The van der Waals surface area contributed by atoms with Gasteiger partial charge in [0.15, 0.2) is 0 Å². The molecule has 0 saturated heterocycles. The maximum atomic E-state index is 14.2. The third-order valence-electron chi connectivity index (χ3n) is 4.41. The fourth-order valence-electron chi connectivity index (χ4n) is 2.84. The molecule has 2 aromatic carbocycles. The molecule has 0 saturated carbocycles. The summed E-state index contributed by atoms with van der Waals surface area (Å²) in [4.78, 5) is 0. The average Bonchev–Trinajstić information content (AvgIpc) is 2.95. The fraction of sp³-hybridized carbons (Fsp3) is 0.300. The van der Waals surface area contributed by atoms with Crippen LogP contribution in [0.15, 0.2) is 48.7 Å². The summed E-state index contributed by atoms with van der Waals surface area (Å²) in [6.45, 7) is 4.94. The smallest absolute Gasteiger partial charge is 0.129 e. The molecule has 132 valence electrons. The zero-order valence-electron chi connectivity index (χ0n) is 14.4. The highest BCUT2D eigenvalue weighted by molar-refractivity contribution is 6.31. The maximum Gasteiger partial charge on any atom is 0.129 e. The highest BCUT2D eigenvalue weighted by atomic mass is 35.5. The van der Waals surface area contributed by atoms with E-state index in [1.54, 1.807) is 12.1 Å². The quantitative estimate of drug-likeness (QED) is 0.686. The molecule has 0 radical (unpaired) electrons. The Kier molecular flexibility index (Phi) is 5.13. The first-order chi connectivity index (χ1) is 11.9. The van der Waals surface area contributed by atoms with Crippen molar-refractivity contribution in [3.8, 4) is 0 Å². The van der Waals surface area contributed by atoms with Crippen LogP contribution in [0.25, 0.3) is 10.9 Å². The predicted molar refractivity (Wildman–Crippen MR) is 100 cm³/mol. The van der Waals surface area contributed by atoms with E-state index in [0.717, 1.165) is 16.5 Å². The van der Waals surface area contributed by atoms with Crippen molar-refractivity contribution >= 4 is 22.5 Å². The lowest BCUT2D eigenvalue weighted by molar-refractivity contribution is 0.187. The van der Waals surface area contributed by atoms with Crippen LogP contribution >= 0.6 is 11.6 Å². The number of aliphatic hydroxyl groups is 1. The molecule has 0 aliphatic heterocycles. The minimum atomic E-state index is -0.363. The van der Waals surface area contributed by atoms with Crippen molar-refractivity contribution in [2.75, 3.05) is 6.61 Å². The third-order valence-corrected chi connectivity index (χ3v) is 4.77. The summed E-state index contributed by atoms with van der Waals surface area (Å²) in [5.74, 6) is -0.300. The number of aromatic nitrogens is 1. The monoisotopic (exact) mass is 360 g/mol. The lowest BCUT2D eigenvalue weighted by Gasteiger charge is -2.23. The number of fused-ring (bicyclic) bond motifs is 1.